The van der Waals surface area contributed by atoms with Crippen molar-refractivity contribution in [2.24, 2.45) is 5.92 Å². The summed E-state index contributed by atoms with van der Waals surface area (Å²) in [6, 6.07) is 13.8. The molecule has 2 aromatic carbocycles. The summed E-state index contributed by atoms with van der Waals surface area (Å²) in [4.78, 5) is 18.8. The van der Waals surface area contributed by atoms with E-state index in [0.29, 0.717) is 18.7 Å². The Bertz CT molecular complexity index is 1440. The molecule has 2 unspecified atom stereocenters. The fourth-order valence-corrected chi connectivity index (χ4v) is 5.36. The first-order valence-electron chi connectivity index (χ1n) is 12.5. The van der Waals surface area contributed by atoms with Gasteiger partial charge in [-0.2, -0.15) is 13.2 Å². The van der Waals surface area contributed by atoms with Crippen LogP contribution in [0, 0.1) is 5.92 Å². The number of amides is 1. The molecule has 1 amide bonds. The summed E-state index contributed by atoms with van der Waals surface area (Å²) in [5.74, 6) is 1.08. The first-order chi connectivity index (χ1) is 17.7. The molecule has 0 bridgehead atoms. The van der Waals surface area contributed by atoms with Crippen LogP contribution in [0.2, 0.25) is 0 Å². The van der Waals surface area contributed by atoms with E-state index in [1.165, 1.54) is 12.1 Å². The van der Waals surface area contributed by atoms with Crippen LogP contribution in [0.1, 0.15) is 55.3 Å². The molecule has 1 aliphatic rings. The molecule has 5 nitrogen and oxygen atoms in total. The van der Waals surface area contributed by atoms with Crippen LogP contribution in [0.25, 0.3) is 22.2 Å². The predicted molar refractivity (Wildman–Crippen MR) is 135 cm³/mol. The van der Waals surface area contributed by atoms with Gasteiger partial charge in [0.15, 0.2) is 0 Å². The van der Waals surface area contributed by atoms with Crippen LogP contribution in [-0.4, -0.2) is 29.4 Å². The molecule has 0 spiro atoms. The minimum atomic E-state index is -4.52. The fourth-order valence-electron chi connectivity index (χ4n) is 5.36. The lowest BCUT2D eigenvalue weighted by Gasteiger charge is -2.36. The van der Waals surface area contributed by atoms with E-state index in [2.05, 4.69) is 4.98 Å². The molecule has 0 aliphatic carbocycles. The number of aromatic amines is 1. The molecule has 4 aromatic rings. The summed E-state index contributed by atoms with van der Waals surface area (Å²) >= 11 is 0. The van der Waals surface area contributed by atoms with Crippen LogP contribution in [0.3, 0.4) is 0 Å². The van der Waals surface area contributed by atoms with Crippen LogP contribution in [0.4, 0.5) is 13.2 Å². The number of hydrogen-bond acceptors (Lipinski definition) is 3. The van der Waals surface area contributed by atoms with Crippen molar-refractivity contribution in [2.75, 3.05) is 13.7 Å². The number of fused-ring (bicyclic) bond motifs is 3. The Labute approximate surface area is 213 Å². The van der Waals surface area contributed by atoms with Gasteiger partial charge in [0, 0.05) is 28.9 Å². The number of carbonyl (C=O) groups excluding carboxylic acids is 1. The lowest BCUT2D eigenvalue weighted by atomic mass is 9.93. The first kappa shape index (κ1) is 25.0. The number of aromatic nitrogens is 1. The largest absolute Gasteiger partial charge is 0.497 e. The van der Waals surface area contributed by atoms with Gasteiger partial charge in [0.1, 0.15) is 23.3 Å². The van der Waals surface area contributed by atoms with Gasteiger partial charge in [-0.05, 0) is 54.8 Å². The molecule has 194 valence electrons. The molecule has 0 saturated carbocycles. The van der Waals surface area contributed by atoms with Gasteiger partial charge in [0.05, 0.1) is 18.4 Å². The second-order valence-electron chi connectivity index (χ2n) is 9.55. The van der Waals surface area contributed by atoms with Crippen LogP contribution >= 0.6 is 0 Å². The van der Waals surface area contributed by atoms with Crippen molar-refractivity contribution < 1.29 is 27.1 Å². The molecule has 2 atom stereocenters. The highest BCUT2D eigenvalue weighted by Gasteiger charge is 2.39. The Balaban J connectivity index is 1.64. The molecular weight excluding hydrogens is 481 g/mol. The summed E-state index contributed by atoms with van der Waals surface area (Å²) in [7, 11) is 1.61. The molecule has 37 heavy (non-hydrogen) atoms. The highest BCUT2D eigenvalue weighted by molar-refractivity contribution is 5.88. The van der Waals surface area contributed by atoms with Gasteiger partial charge in [-0.1, -0.05) is 38.5 Å². The van der Waals surface area contributed by atoms with Crippen molar-refractivity contribution in [1.29, 1.82) is 0 Å². The highest BCUT2D eigenvalue weighted by Crippen LogP contribution is 2.43. The molecule has 5 rings (SSSR count). The van der Waals surface area contributed by atoms with Crippen molar-refractivity contribution >= 4 is 16.8 Å². The zero-order valence-electron chi connectivity index (χ0n) is 21.0. The van der Waals surface area contributed by atoms with E-state index in [4.69, 9.17) is 9.15 Å². The van der Waals surface area contributed by atoms with Crippen LogP contribution in [-0.2, 0) is 17.4 Å². The summed E-state index contributed by atoms with van der Waals surface area (Å²) in [6.07, 6.45) is -2.24. The number of hydrogen-bond donors (Lipinski definition) is 1. The number of carbonyl (C=O) groups is 1. The van der Waals surface area contributed by atoms with Gasteiger partial charge in [0.25, 0.3) is 0 Å². The van der Waals surface area contributed by atoms with Gasteiger partial charge in [0.2, 0.25) is 5.91 Å². The minimum absolute atomic E-state index is 0.00220. The highest BCUT2D eigenvalue weighted by atomic mass is 19.4. The summed E-state index contributed by atoms with van der Waals surface area (Å²) in [5, 5.41) is 1.00. The van der Waals surface area contributed by atoms with E-state index in [0.717, 1.165) is 46.8 Å². The topological polar surface area (TPSA) is 58.5 Å². The minimum Gasteiger partial charge on any atom is -0.497 e. The molecule has 0 saturated heterocycles. The number of halogens is 3. The number of rotatable bonds is 6. The van der Waals surface area contributed by atoms with E-state index >= 15 is 0 Å². The van der Waals surface area contributed by atoms with Crippen LogP contribution in [0.5, 0.6) is 5.75 Å². The van der Waals surface area contributed by atoms with Gasteiger partial charge in [-0.3, -0.25) is 4.79 Å². The van der Waals surface area contributed by atoms with E-state index in [1.807, 2.05) is 32.0 Å². The smallest absolute Gasteiger partial charge is 0.417 e. The van der Waals surface area contributed by atoms with Crippen molar-refractivity contribution in [3.05, 3.63) is 77.2 Å². The number of alkyl halides is 3. The van der Waals surface area contributed by atoms with Gasteiger partial charge < -0.3 is 19.0 Å². The molecule has 1 aliphatic heterocycles. The fraction of sp³-hybridized carbons (Fsp3) is 0.345. The third kappa shape index (κ3) is 4.49. The molecule has 3 heterocycles. The van der Waals surface area contributed by atoms with Crippen LogP contribution in [0.15, 0.2) is 59.0 Å². The average Bonchev–Trinajstić information content (AvgIpc) is 3.52. The number of ether oxygens (including phenoxy) is 1. The molecule has 8 heteroatoms. The van der Waals surface area contributed by atoms with E-state index in [1.54, 1.807) is 30.2 Å². The maximum atomic E-state index is 13.7. The lowest BCUT2D eigenvalue weighted by Crippen LogP contribution is -2.43. The summed E-state index contributed by atoms with van der Waals surface area (Å²) in [5.41, 5.74) is 1.98. The number of nitrogens with zero attached hydrogens (tertiary/aromatic N) is 1. The van der Waals surface area contributed by atoms with Crippen molar-refractivity contribution in [3.63, 3.8) is 0 Å². The monoisotopic (exact) mass is 510 g/mol. The molecule has 1 N–H and O–H groups in total. The third-order valence-corrected chi connectivity index (χ3v) is 7.15. The number of methoxy groups -OCH3 is 1. The SMILES string of the molecule is CCCC(C)C(=O)N1CCc2c([nH]c3ccc(OC)cc23)C1c1ccc(-c2ccccc2C(F)(F)F)o1. The maximum absolute atomic E-state index is 13.7. The van der Waals surface area contributed by atoms with Crippen molar-refractivity contribution in [2.45, 2.75) is 45.3 Å². The van der Waals surface area contributed by atoms with Crippen molar-refractivity contribution in [3.8, 4) is 17.1 Å². The zero-order chi connectivity index (χ0) is 26.3. The maximum Gasteiger partial charge on any atom is 0.417 e. The quantitative estimate of drug-likeness (QED) is 0.295. The number of H-pyrrole nitrogens is 1. The van der Waals surface area contributed by atoms with E-state index < -0.39 is 17.8 Å². The second-order valence-corrected chi connectivity index (χ2v) is 9.55. The molecular formula is C29H29F3N2O3. The zero-order valence-corrected chi connectivity index (χ0v) is 21.0. The van der Waals surface area contributed by atoms with Gasteiger partial charge in [-0.25, -0.2) is 0 Å². The normalized spacial score (nSPS) is 16.6. The van der Waals surface area contributed by atoms with Gasteiger partial charge in [-0.15, -0.1) is 0 Å². The Morgan fingerprint density at radius 3 is 2.70 bits per heavy atom. The first-order valence-corrected chi connectivity index (χ1v) is 12.5. The van der Waals surface area contributed by atoms with Crippen molar-refractivity contribution in [1.82, 2.24) is 9.88 Å². The summed E-state index contributed by atoms with van der Waals surface area (Å²) < 4.78 is 52.6. The van der Waals surface area contributed by atoms with Crippen LogP contribution < -0.4 is 4.74 Å². The number of nitrogens with one attached hydrogen (secondary N) is 1. The third-order valence-electron chi connectivity index (χ3n) is 7.15. The number of benzene rings is 2. The second kappa shape index (κ2) is 9.65. The van der Waals surface area contributed by atoms with E-state index in [-0.39, 0.29) is 23.1 Å². The Morgan fingerprint density at radius 2 is 1.97 bits per heavy atom. The Morgan fingerprint density at radius 1 is 1.19 bits per heavy atom. The lowest BCUT2D eigenvalue weighted by molar-refractivity contribution is -0.138. The molecule has 0 radical (unpaired) electrons. The Hall–Kier alpha value is -3.68. The predicted octanol–water partition coefficient (Wildman–Crippen LogP) is 7.37. The van der Waals surface area contributed by atoms with Gasteiger partial charge >= 0.3 is 6.18 Å². The Kier molecular flexibility index (Phi) is 6.52. The summed E-state index contributed by atoms with van der Waals surface area (Å²) in [6.45, 7) is 4.43. The molecule has 2 aromatic heterocycles. The van der Waals surface area contributed by atoms with E-state index in [9.17, 15) is 18.0 Å². The average molecular weight is 511 g/mol. The number of furan rings is 1. The molecule has 0 fully saturated rings. The standard InChI is InChI=1S/C29H29F3N2O3/c1-4-7-17(2)28(35)34-15-14-19-21-16-18(36-3)10-11-23(21)33-26(19)27(34)25-13-12-24(37-25)20-8-5-6-9-22(20)29(30,31)32/h5-6,8-13,16-17,27,33H,4,7,14-15H2,1-3H3.